The summed E-state index contributed by atoms with van der Waals surface area (Å²) >= 11 is 5.80. The van der Waals surface area contributed by atoms with Gasteiger partial charge in [0.15, 0.2) is 5.78 Å². The van der Waals surface area contributed by atoms with Crippen LogP contribution in [-0.4, -0.2) is 21.1 Å². The quantitative estimate of drug-likeness (QED) is 0.0861. The smallest absolute Gasteiger partial charge is 0.164 e. The molecular weight excluding hydrogens is 863 g/mol. The van der Waals surface area contributed by atoms with Crippen molar-refractivity contribution in [3.63, 3.8) is 0 Å². The zero-order chi connectivity index (χ0) is 36.6. The summed E-state index contributed by atoms with van der Waals surface area (Å²) in [6, 6.07) is 15.2. The number of hydrogen-bond acceptors (Lipinski definition) is 6. The van der Waals surface area contributed by atoms with Crippen molar-refractivity contribution in [2.24, 2.45) is 16.7 Å². The van der Waals surface area contributed by atoms with E-state index in [1.807, 2.05) is 70.4 Å². The first-order valence-electron chi connectivity index (χ1n) is 18.5. The Hall–Kier alpha value is -2.02. The molecule has 0 spiro atoms. The maximum atomic E-state index is 12.2. The first kappa shape index (κ1) is 41.7. The first-order chi connectivity index (χ1) is 23.6. The molecule has 7 heteroatoms. The van der Waals surface area contributed by atoms with Crippen LogP contribution in [0.4, 0.5) is 0 Å². The van der Waals surface area contributed by atoms with Crippen LogP contribution in [0.2, 0.25) is 0 Å². The Morgan fingerprint density at radius 2 is 1.65 bits per heavy atom. The van der Waals surface area contributed by atoms with Crippen LogP contribution in [0.1, 0.15) is 119 Å². The van der Waals surface area contributed by atoms with Crippen LogP contribution in [0.5, 0.6) is 0 Å². The van der Waals surface area contributed by atoms with Gasteiger partial charge in [-0.2, -0.15) is 11.3 Å². The second kappa shape index (κ2) is 16.6. The maximum Gasteiger partial charge on any atom is 0.164 e. The molecule has 0 aliphatic carbocycles. The predicted molar refractivity (Wildman–Crippen MR) is 221 cm³/mol. The summed E-state index contributed by atoms with van der Waals surface area (Å²) in [5.41, 5.74) is 4.60. The number of hydrogen-bond donors (Lipinski definition) is 1. The van der Waals surface area contributed by atoms with Crippen LogP contribution in [0, 0.1) is 22.8 Å². The maximum absolute atomic E-state index is 12.2. The van der Waals surface area contributed by atoms with Gasteiger partial charge in [0.25, 0.3) is 0 Å². The van der Waals surface area contributed by atoms with Crippen molar-refractivity contribution in [3.05, 3.63) is 70.9 Å². The number of aliphatic hydroxyl groups excluding tert-OH is 1. The van der Waals surface area contributed by atoms with Crippen molar-refractivity contribution >= 4 is 70.5 Å². The van der Waals surface area contributed by atoms with E-state index in [0.29, 0.717) is 5.25 Å². The van der Waals surface area contributed by atoms with Crippen LogP contribution in [-0.2, 0) is 36.7 Å². The Labute approximate surface area is 332 Å². The molecule has 1 unspecified atom stereocenters. The third-order valence-electron chi connectivity index (χ3n) is 11.2. The molecule has 1 aliphatic heterocycles. The molecule has 6 rings (SSSR count). The zero-order valence-electron chi connectivity index (χ0n) is 32.4. The monoisotopic (exact) mass is 919 g/mol. The second-order valence-corrected chi connectivity index (χ2v) is 19.4. The van der Waals surface area contributed by atoms with E-state index in [9.17, 15) is 9.90 Å². The van der Waals surface area contributed by atoms with Gasteiger partial charge in [-0.3, -0.25) is 9.78 Å². The summed E-state index contributed by atoms with van der Waals surface area (Å²) in [5.74, 6) is 1.02. The van der Waals surface area contributed by atoms with Crippen LogP contribution in [0.3, 0.4) is 0 Å². The Balaban J connectivity index is 0.000000279. The van der Waals surface area contributed by atoms with Gasteiger partial charge >= 0.3 is 0 Å². The number of ketones is 1. The van der Waals surface area contributed by atoms with E-state index in [-0.39, 0.29) is 47.9 Å². The van der Waals surface area contributed by atoms with Crippen molar-refractivity contribution in [2.75, 3.05) is 0 Å². The normalized spacial score (nSPS) is 15.3. The van der Waals surface area contributed by atoms with Crippen molar-refractivity contribution in [2.45, 2.75) is 130 Å². The largest absolute Gasteiger partial charge is 0.512 e. The van der Waals surface area contributed by atoms with Gasteiger partial charge < -0.3 is 5.11 Å². The minimum Gasteiger partial charge on any atom is -0.512 e. The van der Waals surface area contributed by atoms with Gasteiger partial charge in [-0.15, -0.1) is 46.7 Å². The molecule has 4 heterocycles. The number of nitrogens with zero attached hydrogens (tertiary/aromatic N) is 1. The molecule has 0 bridgehead atoms. The number of rotatable bonds is 10. The molecule has 0 saturated carbocycles. The van der Waals surface area contributed by atoms with E-state index in [1.165, 1.54) is 59.6 Å². The zero-order valence-corrected chi connectivity index (χ0v) is 37.2. The number of allylic oxidation sites excluding steroid dienone is 2. The third-order valence-corrected chi connectivity index (χ3v) is 14.7. The number of pyridine rings is 1. The van der Waals surface area contributed by atoms with Gasteiger partial charge in [0, 0.05) is 73.8 Å². The number of thioether (sulfide) groups is 1. The molecule has 277 valence electrons. The Morgan fingerprint density at radius 3 is 2.25 bits per heavy atom. The molecule has 51 heavy (non-hydrogen) atoms. The van der Waals surface area contributed by atoms with E-state index in [2.05, 4.69) is 88.2 Å². The van der Waals surface area contributed by atoms with Crippen molar-refractivity contribution in [1.29, 1.82) is 0 Å². The molecule has 1 radical (unpaired) electrons. The van der Waals surface area contributed by atoms with Crippen molar-refractivity contribution in [3.8, 4) is 11.3 Å². The molecule has 5 aromatic rings. The molecule has 1 aliphatic rings. The van der Waals surface area contributed by atoms with E-state index in [1.54, 1.807) is 5.56 Å². The van der Waals surface area contributed by atoms with Crippen LogP contribution in [0.15, 0.2) is 58.6 Å². The molecule has 3 aromatic heterocycles. The van der Waals surface area contributed by atoms with Crippen molar-refractivity contribution < 1.29 is 30.0 Å². The number of aliphatic hydroxyl groups is 1. The molecule has 1 N–H and O–H groups in total. The van der Waals surface area contributed by atoms with Crippen LogP contribution in [0.25, 0.3) is 41.5 Å². The minimum atomic E-state index is -0.337. The third kappa shape index (κ3) is 8.54. The number of aromatic nitrogens is 1. The fourth-order valence-electron chi connectivity index (χ4n) is 6.83. The average Bonchev–Trinajstić information content (AvgIpc) is 3.82. The minimum absolute atomic E-state index is 0. The van der Waals surface area contributed by atoms with E-state index in [4.69, 9.17) is 4.98 Å². The van der Waals surface area contributed by atoms with E-state index < -0.39 is 0 Å². The van der Waals surface area contributed by atoms with Gasteiger partial charge in [0.05, 0.1) is 0 Å². The van der Waals surface area contributed by atoms with Gasteiger partial charge in [-0.1, -0.05) is 87.3 Å². The molecule has 3 nitrogen and oxygen atoms in total. The number of benzene rings is 2. The molecule has 0 fully saturated rings. The average molecular weight is 919 g/mol. The van der Waals surface area contributed by atoms with E-state index in [0.717, 1.165) is 42.9 Å². The van der Waals surface area contributed by atoms with E-state index >= 15 is 0 Å². The summed E-state index contributed by atoms with van der Waals surface area (Å²) < 4.78 is 4.03. The summed E-state index contributed by atoms with van der Waals surface area (Å²) in [5, 5.41) is 17.0. The molecule has 0 saturated heterocycles. The number of fused-ring (bicyclic) bond motifs is 6. The Morgan fingerprint density at radius 1 is 0.980 bits per heavy atom. The second-order valence-electron chi connectivity index (χ2n) is 16.1. The molecule has 1 atom stereocenters. The first-order valence-corrected chi connectivity index (χ1v) is 21.1. The van der Waals surface area contributed by atoms with Crippen LogP contribution < -0.4 is 0 Å². The fraction of sp³-hybridized carbons (Fsp3) is 0.500. The van der Waals surface area contributed by atoms with Gasteiger partial charge in [0.1, 0.15) is 5.76 Å². The van der Waals surface area contributed by atoms with Crippen LogP contribution >= 0.6 is 34.4 Å². The molecule has 2 aromatic carbocycles. The number of carbonyl (C=O) groups is 1. The topological polar surface area (TPSA) is 50.2 Å². The summed E-state index contributed by atoms with van der Waals surface area (Å²) in [6.45, 7) is 23.7. The molecule has 0 amide bonds. The Kier molecular flexibility index (Phi) is 13.5. The number of carbonyl (C=O) groups excluding carboxylic acids is 1. The Bertz CT molecular complexity index is 2020. The summed E-state index contributed by atoms with van der Waals surface area (Å²) in [4.78, 5) is 18.6. The summed E-state index contributed by atoms with van der Waals surface area (Å²) in [6.07, 6.45) is 9.21. The number of thiophene rings is 2. The molecular formula is C44H56IrNO2S3-. The standard InChI is InChI=1S/C29H28NS3.C15H28O2.Ir/c1-16(2)12-19-15-21-23(32-19)6-7-24-25(21)20-8-10-30-26(28(20)33-24)18-13-17-9-11-31-27(17)22(14-18)29(3,4)5;1-7-14(5,8-2)12(16)11-13(17)15(6,9-3)10-4;/h6-11,14,16,19H,12,15H2,1-5H3;11,16H,7-10H2,1-6H3;/q-1;;/b;12-11-;. The van der Waals surface area contributed by atoms with Gasteiger partial charge in [-0.05, 0) is 89.1 Å². The predicted octanol–water partition coefficient (Wildman–Crippen LogP) is 14.1. The van der Waals surface area contributed by atoms with Gasteiger partial charge in [0.2, 0.25) is 0 Å². The van der Waals surface area contributed by atoms with Gasteiger partial charge in [-0.25, -0.2) is 0 Å². The SMILES string of the molecule is CC(C)CC1Cc2c(ccc3sc4c(-c5[c-]c6ccsc6c(C(C)(C)C)c5)nccc4c23)S1.CCC(C)(CC)C(=O)/C=C(\O)C(C)(CC)CC.[Ir]. The fourth-order valence-corrected chi connectivity index (χ4v) is 10.7. The summed E-state index contributed by atoms with van der Waals surface area (Å²) in [7, 11) is 0. The van der Waals surface area contributed by atoms with Crippen molar-refractivity contribution in [1.82, 2.24) is 4.98 Å².